The van der Waals surface area contributed by atoms with E-state index in [1.807, 2.05) is 44.2 Å². The molecule has 0 saturated carbocycles. The van der Waals surface area contributed by atoms with Crippen molar-refractivity contribution in [3.05, 3.63) is 35.9 Å². The maximum absolute atomic E-state index is 11.7. The summed E-state index contributed by atoms with van der Waals surface area (Å²) in [6.07, 6.45) is -3.56. The van der Waals surface area contributed by atoms with Gasteiger partial charge in [-0.05, 0) is 33.3 Å². The maximum Gasteiger partial charge on any atom is 0.190 e. The Labute approximate surface area is 159 Å². The topological polar surface area (TPSA) is 86.6 Å². The van der Waals surface area contributed by atoms with Crippen molar-refractivity contribution in [3.8, 4) is 0 Å². The van der Waals surface area contributed by atoms with E-state index in [0.717, 1.165) is 5.56 Å². The number of benzene rings is 1. The molecule has 1 aromatic carbocycles. The molecule has 2 N–H and O–H groups in total. The summed E-state index contributed by atoms with van der Waals surface area (Å²) in [5.74, 6) is -1.63. The highest BCUT2D eigenvalue weighted by atomic mass is 16.8. The van der Waals surface area contributed by atoms with Gasteiger partial charge in [-0.25, -0.2) is 0 Å². The lowest BCUT2D eigenvalue weighted by atomic mass is 9.82. The first kappa shape index (κ1) is 19.3. The Kier molecular flexibility index (Phi) is 4.63. The van der Waals surface area contributed by atoms with Crippen LogP contribution >= 0.6 is 0 Å². The lowest BCUT2D eigenvalue weighted by molar-refractivity contribution is -0.251. The molecule has 0 unspecified atom stereocenters. The molecule has 0 bridgehead atoms. The van der Waals surface area contributed by atoms with Gasteiger partial charge in [-0.1, -0.05) is 30.3 Å². The fourth-order valence-corrected chi connectivity index (χ4v) is 4.20. The molecule has 0 aliphatic carbocycles. The second kappa shape index (κ2) is 6.49. The van der Waals surface area contributed by atoms with Gasteiger partial charge >= 0.3 is 0 Å². The molecule has 1 aromatic rings. The number of aliphatic hydroxyl groups is 2. The van der Waals surface area contributed by atoms with Crippen LogP contribution in [-0.2, 0) is 23.7 Å². The van der Waals surface area contributed by atoms with Gasteiger partial charge in [0.2, 0.25) is 0 Å². The number of ether oxygens (including phenoxy) is 5. The molecule has 3 aliphatic rings. The van der Waals surface area contributed by atoms with E-state index < -0.39 is 47.9 Å². The summed E-state index contributed by atoms with van der Waals surface area (Å²) in [6.45, 7) is 7.46. The van der Waals surface area contributed by atoms with Gasteiger partial charge in [-0.3, -0.25) is 0 Å². The Bertz CT molecular complexity index is 676. The second-order valence-electron chi connectivity index (χ2n) is 8.47. The van der Waals surface area contributed by atoms with Gasteiger partial charge < -0.3 is 33.9 Å². The van der Waals surface area contributed by atoms with Crippen LogP contribution in [0.3, 0.4) is 0 Å². The van der Waals surface area contributed by atoms with E-state index in [4.69, 9.17) is 23.7 Å². The minimum atomic E-state index is -1.50. The van der Waals surface area contributed by atoms with Gasteiger partial charge in [-0.15, -0.1) is 0 Å². The third kappa shape index (κ3) is 3.53. The molecule has 7 heteroatoms. The maximum atomic E-state index is 11.7. The van der Waals surface area contributed by atoms with Gasteiger partial charge in [-0.2, -0.15) is 0 Å². The van der Waals surface area contributed by atoms with E-state index >= 15 is 0 Å². The molecule has 7 nitrogen and oxygen atoms in total. The van der Waals surface area contributed by atoms with Crippen molar-refractivity contribution in [2.24, 2.45) is 0 Å². The molecule has 27 heavy (non-hydrogen) atoms. The van der Waals surface area contributed by atoms with Crippen LogP contribution in [0.5, 0.6) is 0 Å². The van der Waals surface area contributed by atoms with Gasteiger partial charge in [0.1, 0.15) is 23.9 Å². The zero-order valence-corrected chi connectivity index (χ0v) is 16.1. The zero-order valence-electron chi connectivity index (χ0n) is 16.1. The normalized spacial score (nSPS) is 40.8. The summed E-state index contributed by atoms with van der Waals surface area (Å²) in [4.78, 5) is 0. The van der Waals surface area contributed by atoms with Crippen LogP contribution in [0.1, 0.15) is 45.8 Å². The molecule has 0 spiro atoms. The minimum absolute atomic E-state index is 0.0303. The number of hydrogen-bond donors (Lipinski definition) is 2. The number of hydrogen-bond acceptors (Lipinski definition) is 7. The van der Waals surface area contributed by atoms with E-state index in [9.17, 15) is 10.2 Å². The Morgan fingerprint density at radius 1 is 1.00 bits per heavy atom. The van der Waals surface area contributed by atoms with Gasteiger partial charge in [0.05, 0.1) is 12.7 Å². The third-order valence-electron chi connectivity index (χ3n) is 5.40. The lowest BCUT2D eigenvalue weighted by Crippen LogP contribution is -2.54. The van der Waals surface area contributed by atoms with Crippen molar-refractivity contribution >= 4 is 0 Å². The fraction of sp³-hybridized carbons (Fsp3) is 0.700. The molecule has 3 fully saturated rings. The number of aliphatic hydroxyl groups excluding tert-OH is 1. The SMILES string of the molecule is CC1(C)OC[C@H]([C@H]2O[C@@H]3OC(C)(C)O[C@@H]3[C@]2(O)C[C@H](O)c2ccccc2)O1. The first-order chi connectivity index (χ1) is 12.6. The van der Waals surface area contributed by atoms with Crippen LogP contribution < -0.4 is 0 Å². The highest BCUT2D eigenvalue weighted by Crippen LogP contribution is 2.49. The van der Waals surface area contributed by atoms with Crippen LogP contribution in [0.4, 0.5) is 0 Å². The third-order valence-corrected chi connectivity index (χ3v) is 5.40. The van der Waals surface area contributed by atoms with E-state index in [-0.39, 0.29) is 13.0 Å². The van der Waals surface area contributed by atoms with Crippen molar-refractivity contribution in [1.82, 2.24) is 0 Å². The lowest BCUT2D eigenvalue weighted by Gasteiger charge is -2.37. The zero-order chi connectivity index (χ0) is 19.4. The molecule has 3 saturated heterocycles. The van der Waals surface area contributed by atoms with Gasteiger partial charge in [0.15, 0.2) is 17.9 Å². The van der Waals surface area contributed by atoms with Crippen LogP contribution in [-0.4, -0.2) is 58.6 Å². The molecule has 4 rings (SSSR count). The van der Waals surface area contributed by atoms with Gasteiger partial charge in [0.25, 0.3) is 0 Å². The van der Waals surface area contributed by atoms with Crippen molar-refractivity contribution in [3.63, 3.8) is 0 Å². The van der Waals surface area contributed by atoms with Crippen molar-refractivity contribution < 1.29 is 33.9 Å². The first-order valence-corrected chi connectivity index (χ1v) is 9.38. The van der Waals surface area contributed by atoms with E-state index in [1.54, 1.807) is 13.8 Å². The first-order valence-electron chi connectivity index (χ1n) is 9.38. The molecule has 0 amide bonds. The van der Waals surface area contributed by atoms with Crippen LogP contribution in [0.2, 0.25) is 0 Å². The Morgan fingerprint density at radius 3 is 2.33 bits per heavy atom. The second-order valence-corrected chi connectivity index (χ2v) is 8.47. The smallest absolute Gasteiger partial charge is 0.190 e. The molecule has 6 atom stereocenters. The molecule has 3 aliphatic heterocycles. The number of fused-ring (bicyclic) bond motifs is 1. The summed E-state index contributed by atoms with van der Waals surface area (Å²) in [7, 11) is 0. The minimum Gasteiger partial charge on any atom is -0.388 e. The van der Waals surface area contributed by atoms with Gasteiger partial charge in [0, 0.05) is 6.42 Å². The van der Waals surface area contributed by atoms with Crippen molar-refractivity contribution in [2.75, 3.05) is 6.61 Å². The average molecular weight is 380 g/mol. The molecule has 0 aromatic heterocycles. The summed E-state index contributed by atoms with van der Waals surface area (Å²) in [6, 6.07) is 9.23. The highest BCUT2D eigenvalue weighted by molar-refractivity contribution is 5.19. The quantitative estimate of drug-likeness (QED) is 0.825. The van der Waals surface area contributed by atoms with E-state index in [0.29, 0.717) is 0 Å². The van der Waals surface area contributed by atoms with Crippen molar-refractivity contribution in [1.29, 1.82) is 0 Å². The van der Waals surface area contributed by atoms with E-state index in [1.165, 1.54) is 0 Å². The van der Waals surface area contributed by atoms with Crippen LogP contribution in [0.15, 0.2) is 30.3 Å². The Morgan fingerprint density at radius 2 is 1.70 bits per heavy atom. The largest absolute Gasteiger partial charge is 0.388 e. The fourth-order valence-electron chi connectivity index (χ4n) is 4.20. The van der Waals surface area contributed by atoms with Crippen LogP contribution in [0.25, 0.3) is 0 Å². The molecule has 0 radical (unpaired) electrons. The van der Waals surface area contributed by atoms with E-state index in [2.05, 4.69) is 0 Å². The standard InChI is InChI=1S/C20H28O7/c1-18(2)23-11-14(25-18)15-20(22,10-13(21)12-8-6-5-7-9-12)16-17(24-15)27-19(3,4)26-16/h5-9,13-17,21-22H,10-11H2,1-4H3/t13-,14+,15+,16-,17+,20-/m0/s1. The Balaban J connectivity index is 1.61. The predicted molar refractivity (Wildman–Crippen MR) is 94.6 cm³/mol. The monoisotopic (exact) mass is 380 g/mol. The molecular weight excluding hydrogens is 352 g/mol. The molecule has 3 heterocycles. The summed E-state index contributed by atoms with van der Waals surface area (Å²) in [5.41, 5.74) is -0.780. The Hall–Kier alpha value is -1.06. The average Bonchev–Trinajstić information content (AvgIpc) is 3.18. The van der Waals surface area contributed by atoms with Crippen molar-refractivity contribution in [2.45, 2.75) is 82.0 Å². The molecule has 150 valence electrons. The van der Waals surface area contributed by atoms with Crippen LogP contribution in [0, 0.1) is 0 Å². The summed E-state index contributed by atoms with van der Waals surface area (Å²) < 4.78 is 29.4. The summed E-state index contributed by atoms with van der Waals surface area (Å²) >= 11 is 0. The predicted octanol–water partition coefficient (Wildman–Crippen LogP) is 1.87. The molecular formula is C20H28O7. The number of rotatable bonds is 4. The highest BCUT2D eigenvalue weighted by Gasteiger charge is 2.66. The summed E-state index contributed by atoms with van der Waals surface area (Å²) in [5, 5.41) is 22.5.